The van der Waals surface area contributed by atoms with Gasteiger partial charge in [-0.15, -0.1) is 0 Å². The number of hydrogen-bond acceptors (Lipinski definition) is 3. The summed E-state index contributed by atoms with van der Waals surface area (Å²) >= 11 is 0. The van der Waals surface area contributed by atoms with Crippen LogP contribution in [0.25, 0.3) is 0 Å². The Balaban J connectivity index is 1.91. The molecule has 3 rings (SSSR count). The number of rotatable bonds is 5. The minimum Gasteiger partial charge on any atom is -0.496 e. The molecule has 0 spiro atoms. The number of anilines is 2. The van der Waals surface area contributed by atoms with Crippen molar-refractivity contribution in [1.82, 2.24) is 0 Å². The SMILES string of the molecule is COc1ccc(F)cc1C(=O)Nc1ccc(NC(=O)c2ccccc2F)cc1C(F)(F)F. The number of methoxy groups -OCH3 is 1. The van der Waals surface area contributed by atoms with Gasteiger partial charge < -0.3 is 15.4 Å². The zero-order valence-corrected chi connectivity index (χ0v) is 16.4. The first kappa shape index (κ1) is 22.7. The Morgan fingerprint density at radius 2 is 1.53 bits per heavy atom. The Hall–Kier alpha value is -3.95. The number of carbonyl (C=O) groups is 2. The summed E-state index contributed by atoms with van der Waals surface area (Å²) in [5.74, 6) is -3.63. The van der Waals surface area contributed by atoms with Crippen molar-refractivity contribution >= 4 is 23.2 Å². The Labute approximate surface area is 178 Å². The summed E-state index contributed by atoms with van der Waals surface area (Å²) in [5.41, 5.74) is -2.83. The van der Waals surface area contributed by atoms with Crippen LogP contribution in [0.1, 0.15) is 26.3 Å². The maximum absolute atomic E-state index is 13.7. The smallest absolute Gasteiger partial charge is 0.418 e. The zero-order valence-electron chi connectivity index (χ0n) is 16.4. The number of hydrogen-bond donors (Lipinski definition) is 2. The van der Waals surface area contributed by atoms with Gasteiger partial charge in [-0.25, -0.2) is 8.78 Å². The molecule has 0 saturated heterocycles. The summed E-state index contributed by atoms with van der Waals surface area (Å²) in [6.45, 7) is 0. The minimum atomic E-state index is -4.91. The van der Waals surface area contributed by atoms with E-state index in [0.29, 0.717) is 6.07 Å². The standard InChI is InChI=1S/C22H15F5N2O3/c1-32-19-9-6-12(23)10-15(19)21(31)29-18-8-7-13(11-16(18)22(25,26)27)28-20(30)14-4-2-3-5-17(14)24/h2-11H,1H3,(H,28,30)(H,29,31). The molecule has 0 fully saturated rings. The van der Waals surface area contributed by atoms with Crippen LogP contribution in [-0.2, 0) is 6.18 Å². The summed E-state index contributed by atoms with van der Waals surface area (Å²) < 4.78 is 73.0. The minimum absolute atomic E-state index is 0.0359. The number of ether oxygens (including phenoxy) is 1. The van der Waals surface area contributed by atoms with Gasteiger partial charge in [0.15, 0.2) is 0 Å². The summed E-state index contributed by atoms with van der Waals surface area (Å²) in [5, 5.41) is 4.27. The average molecular weight is 450 g/mol. The molecule has 0 atom stereocenters. The van der Waals surface area contributed by atoms with Crippen LogP contribution in [0.4, 0.5) is 33.3 Å². The first-order chi connectivity index (χ1) is 15.1. The van der Waals surface area contributed by atoms with E-state index in [1.54, 1.807) is 0 Å². The average Bonchev–Trinajstić information content (AvgIpc) is 2.74. The van der Waals surface area contributed by atoms with Gasteiger partial charge in [0.05, 0.1) is 29.5 Å². The fourth-order valence-electron chi connectivity index (χ4n) is 2.86. The highest BCUT2D eigenvalue weighted by Crippen LogP contribution is 2.37. The Morgan fingerprint density at radius 1 is 0.844 bits per heavy atom. The number of carbonyl (C=O) groups excluding carboxylic acids is 2. The molecule has 2 amide bonds. The molecule has 5 nitrogen and oxygen atoms in total. The molecule has 3 aromatic rings. The van der Waals surface area contributed by atoms with Gasteiger partial charge in [-0.1, -0.05) is 12.1 Å². The Kier molecular flexibility index (Phi) is 6.42. The second kappa shape index (κ2) is 9.04. The van der Waals surface area contributed by atoms with E-state index in [1.807, 2.05) is 0 Å². The molecule has 3 aromatic carbocycles. The van der Waals surface area contributed by atoms with Crippen molar-refractivity contribution < 1.29 is 36.3 Å². The van der Waals surface area contributed by atoms with Gasteiger partial charge in [0.25, 0.3) is 11.8 Å². The topological polar surface area (TPSA) is 67.4 Å². The van der Waals surface area contributed by atoms with Crippen molar-refractivity contribution in [2.24, 2.45) is 0 Å². The summed E-state index contributed by atoms with van der Waals surface area (Å²) in [6.07, 6.45) is -4.91. The van der Waals surface area contributed by atoms with Crippen LogP contribution in [0.2, 0.25) is 0 Å². The molecule has 0 aliphatic carbocycles. The lowest BCUT2D eigenvalue weighted by atomic mass is 10.1. The first-order valence-corrected chi connectivity index (χ1v) is 9.02. The summed E-state index contributed by atoms with van der Waals surface area (Å²) in [4.78, 5) is 24.7. The Bertz CT molecular complexity index is 1180. The molecule has 0 radical (unpaired) electrons. The summed E-state index contributed by atoms with van der Waals surface area (Å²) in [6, 6.07) is 10.6. The summed E-state index contributed by atoms with van der Waals surface area (Å²) in [7, 11) is 1.22. The van der Waals surface area contributed by atoms with Crippen molar-refractivity contribution in [3.05, 3.63) is 89.0 Å². The van der Waals surface area contributed by atoms with Crippen molar-refractivity contribution in [2.75, 3.05) is 17.7 Å². The number of amides is 2. The third kappa shape index (κ3) is 5.02. The molecule has 0 heterocycles. The number of nitrogens with one attached hydrogen (secondary N) is 2. The maximum Gasteiger partial charge on any atom is 0.418 e. The van der Waals surface area contributed by atoms with Crippen molar-refractivity contribution in [1.29, 1.82) is 0 Å². The molecule has 10 heteroatoms. The predicted molar refractivity (Wildman–Crippen MR) is 107 cm³/mol. The van der Waals surface area contributed by atoms with Gasteiger partial charge in [-0.05, 0) is 48.5 Å². The van der Waals surface area contributed by atoms with Crippen molar-refractivity contribution in [3.63, 3.8) is 0 Å². The maximum atomic E-state index is 13.7. The molecular weight excluding hydrogens is 435 g/mol. The third-order valence-corrected chi connectivity index (χ3v) is 4.36. The molecule has 0 aliphatic rings. The monoisotopic (exact) mass is 450 g/mol. The largest absolute Gasteiger partial charge is 0.496 e. The second-order valence-corrected chi connectivity index (χ2v) is 6.49. The molecule has 0 saturated carbocycles. The normalized spacial score (nSPS) is 11.1. The molecule has 0 aliphatic heterocycles. The fourth-order valence-corrected chi connectivity index (χ4v) is 2.86. The molecular formula is C22H15F5N2O3. The van der Waals surface area contributed by atoms with Crippen LogP contribution in [0.3, 0.4) is 0 Å². The number of halogens is 5. The van der Waals surface area contributed by atoms with E-state index < -0.39 is 40.9 Å². The molecule has 0 aromatic heterocycles. The molecule has 2 N–H and O–H groups in total. The first-order valence-electron chi connectivity index (χ1n) is 9.02. The molecule has 0 unspecified atom stereocenters. The van der Waals surface area contributed by atoms with E-state index in [-0.39, 0.29) is 22.6 Å². The number of alkyl halides is 3. The van der Waals surface area contributed by atoms with Crippen LogP contribution in [0.5, 0.6) is 5.75 Å². The van der Waals surface area contributed by atoms with Gasteiger partial charge >= 0.3 is 6.18 Å². The van der Waals surface area contributed by atoms with E-state index in [2.05, 4.69) is 10.6 Å². The van der Waals surface area contributed by atoms with Crippen molar-refractivity contribution in [3.8, 4) is 5.75 Å². The number of benzene rings is 3. The predicted octanol–water partition coefficient (Wildman–Crippen LogP) is 5.50. The quantitative estimate of drug-likeness (QED) is 0.505. The van der Waals surface area contributed by atoms with Crippen LogP contribution in [-0.4, -0.2) is 18.9 Å². The van der Waals surface area contributed by atoms with Gasteiger partial charge in [0.2, 0.25) is 0 Å². The fraction of sp³-hybridized carbons (Fsp3) is 0.0909. The van der Waals surface area contributed by atoms with E-state index in [1.165, 1.54) is 25.3 Å². The van der Waals surface area contributed by atoms with E-state index >= 15 is 0 Å². The lowest BCUT2D eigenvalue weighted by Gasteiger charge is -2.16. The molecule has 166 valence electrons. The third-order valence-electron chi connectivity index (χ3n) is 4.36. The highest BCUT2D eigenvalue weighted by atomic mass is 19.4. The lowest BCUT2D eigenvalue weighted by Crippen LogP contribution is -2.19. The van der Waals surface area contributed by atoms with Crippen molar-refractivity contribution in [2.45, 2.75) is 6.18 Å². The van der Waals surface area contributed by atoms with Crippen LogP contribution >= 0.6 is 0 Å². The van der Waals surface area contributed by atoms with E-state index in [9.17, 15) is 31.5 Å². The van der Waals surface area contributed by atoms with Gasteiger partial charge in [-0.2, -0.15) is 13.2 Å². The van der Waals surface area contributed by atoms with Crippen LogP contribution in [0, 0.1) is 11.6 Å². The van der Waals surface area contributed by atoms with E-state index in [4.69, 9.17) is 4.74 Å². The highest BCUT2D eigenvalue weighted by Gasteiger charge is 2.35. The van der Waals surface area contributed by atoms with E-state index in [0.717, 1.165) is 36.4 Å². The highest BCUT2D eigenvalue weighted by molar-refractivity contribution is 6.07. The second-order valence-electron chi connectivity index (χ2n) is 6.49. The van der Waals surface area contributed by atoms with Gasteiger partial charge in [0, 0.05) is 5.69 Å². The van der Waals surface area contributed by atoms with Gasteiger partial charge in [0.1, 0.15) is 17.4 Å². The van der Waals surface area contributed by atoms with Crippen LogP contribution < -0.4 is 15.4 Å². The Morgan fingerprint density at radius 3 is 2.19 bits per heavy atom. The van der Waals surface area contributed by atoms with Gasteiger partial charge in [-0.3, -0.25) is 9.59 Å². The zero-order chi connectivity index (χ0) is 23.5. The molecule has 32 heavy (non-hydrogen) atoms. The molecule has 0 bridgehead atoms. The lowest BCUT2D eigenvalue weighted by molar-refractivity contribution is -0.136. The van der Waals surface area contributed by atoms with Crippen LogP contribution in [0.15, 0.2) is 60.7 Å².